The normalized spacial score (nSPS) is 10.4. The number of ketones is 1. The highest BCUT2D eigenvalue weighted by Crippen LogP contribution is 2.20. The van der Waals surface area contributed by atoms with E-state index in [-0.39, 0.29) is 23.6 Å². The van der Waals surface area contributed by atoms with Gasteiger partial charge in [-0.3, -0.25) is 4.79 Å². The van der Waals surface area contributed by atoms with Gasteiger partial charge in [0, 0.05) is 16.3 Å². The fraction of sp³-hybridized carbons (Fsp3) is 0.278. The summed E-state index contributed by atoms with van der Waals surface area (Å²) >= 11 is 5.77. The van der Waals surface area contributed by atoms with Crippen molar-refractivity contribution >= 4 is 29.3 Å². The van der Waals surface area contributed by atoms with Crippen molar-refractivity contribution in [3.8, 4) is 0 Å². The number of hydrogen-bond donors (Lipinski definition) is 1. The van der Waals surface area contributed by atoms with Crippen LogP contribution in [0, 0.1) is 13.8 Å². The Bertz CT molecular complexity index is 808. The number of nitrogens with one attached hydrogen (secondary N) is 1. The summed E-state index contributed by atoms with van der Waals surface area (Å²) in [5.41, 5.74) is 1.73. The topological polar surface area (TPSA) is 85.5 Å². The molecule has 0 radical (unpaired) electrons. The van der Waals surface area contributed by atoms with Crippen LogP contribution in [0.5, 0.6) is 0 Å². The van der Waals surface area contributed by atoms with E-state index >= 15 is 0 Å². The van der Waals surface area contributed by atoms with E-state index in [9.17, 15) is 14.4 Å². The Kier molecular flexibility index (Phi) is 5.98. The highest BCUT2D eigenvalue weighted by molar-refractivity contribution is 6.30. The molecule has 2 rings (SSSR count). The molecule has 1 aromatic heterocycles. The summed E-state index contributed by atoms with van der Waals surface area (Å²) in [5.74, 6) is -1.56. The maximum absolute atomic E-state index is 12.3. The van der Waals surface area contributed by atoms with Gasteiger partial charge in [-0.25, -0.2) is 9.59 Å². The van der Waals surface area contributed by atoms with Crippen molar-refractivity contribution in [2.24, 2.45) is 0 Å². The molecule has 0 aliphatic carbocycles. The van der Waals surface area contributed by atoms with E-state index in [0.717, 1.165) is 0 Å². The van der Waals surface area contributed by atoms with Crippen LogP contribution < -0.4 is 0 Å². The van der Waals surface area contributed by atoms with Crippen molar-refractivity contribution in [2.75, 3.05) is 13.2 Å². The molecule has 0 bridgehead atoms. The molecule has 0 aliphatic rings. The minimum atomic E-state index is -0.677. The maximum Gasteiger partial charge on any atom is 0.355 e. The second kappa shape index (κ2) is 7.98. The van der Waals surface area contributed by atoms with Crippen LogP contribution in [0.4, 0.5) is 0 Å². The average molecular weight is 364 g/mol. The first-order chi connectivity index (χ1) is 11.8. The predicted octanol–water partition coefficient (Wildman–Crippen LogP) is 3.50. The molecule has 132 valence electrons. The molecular weight excluding hydrogens is 346 g/mol. The SMILES string of the molecule is CCOC(=O)c1[nH]c(C)c(C(=O)OCC(=O)c2ccc(Cl)cc2)c1C. The number of ether oxygens (including phenoxy) is 2. The van der Waals surface area contributed by atoms with E-state index < -0.39 is 18.5 Å². The number of carbonyl (C=O) groups excluding carboxylic acids is 3. The molecule has 0 spiro atoms. The van der Waals surface area contributed by atoms with Gasteiger partial charge in [0.2, 0.25) is 0 Å². The van der Waals surface area contributed by atoms with Crippen LogP contribution in [0.1, 0.15) is 49.4 Å². The molecule has 25 heavy (non-hydrogen) atoms. The third-order valence-electron chi connectivity index (χ3n) is 3.62. The Morgan fingerprint density at radius 3 is 2.28 bits per heavy atom. The third-order valence-corrected chi connectivity index (χ3v) is 3.87. The number of hydrogen-bond acceptors (Lipinski definition) is 5. The molecule has 0 aliphatic heterocycles. The van der Waals surface area contributed by atoms with Crippen LogP contribution in [0.2, 0.25) is 5.02 Å². The first-order valence-corrected chi connectivity index (χ1v) is 8.05. The summed E-state index contributed by atoms with van der Waals surface area (Å²) < 4.78 is 10.0. The minimum Gasteiger partial charge on any atom is -0.461 e. The number of esters is 2. The molecule has 0 saturated heterocycles. The lowest BCUT2D eigenvalue weighted by Crippen LogP contribution is -2.15. The number of halogens is 1. The summed E-state index contributed by atoms with van der Waals surface area (Å²) in [4.78, 5) is 39.1. The Balaban J connectivity index is 2.09. The number of H-pyrrole nitrogens is 1. The van der Waals surface area contributed by atoms with Gasteiger partial charge in [0.1, 0.15) is 5.69 Å². The molecule has 1 N–H and O–H groups in total. The standard InChI is InChI=1S/C18H18ClNO5/c1-4-24-18(23)16-10(2)15(11(3)20-16)17(22)25-9-14(21)12-5-7-13(19)8-6-12/h5-8,20H,4,9H2,1-3H3. The van der Waals surface area contributed by atoms with Gasteiger partial charge >= 0.3 is 11.9 Å². The van der Waals surface area contributed by atoms with Crippen molar-refractivity contribution in [2.45, 2.75) is 20.8 Å². The first kappa shape index (κ1) is 18.7. The highest BCUT2D eigenvalue weighted by Gasteiger charge is 2.24. The van der Waals surface area contributed by atoms with Gasteiger partial charge in [0.05, 0.1) is 12.2 Å². The summed E-state index contributed by atoms with van der Waals surface area (Å²) in [6.45, 7) is 4.78. The van der Waals surface area contributed by atoms with Gasteiger partial charge in [-0.2, -0.15) is 0 Å². The molecular formula is C18H18ClNO5. The zero-order chi connectivity index (χ0) is 18.6. The quantitative estimate of drug-likeness (QED) is 0.627. The predicted molar refractivity (Wildman–Crippen MR) is 92.3 cm³/mol. The van der Waals surface area contributed by atoms with E-state index in [1.54, 1.807) is 45.0 Å². The number of aryl methyl sites for hydroxylation is 1. The smallest absolute Gasteiger partial charge is 0.355 e. The second-order valence-corrected chi connectivity index (χ2v) is 5.79. The second-order valence-electron chi connectivity index (χ2n) is 5.35. The molecule has 0 atom stereocenters. The van der Waals surface area contributed by atoms with Gasteiger partial charge < -0.3 is 14.5 Å². The molecule has 1 heterocycles. The number of aromatic nitrogens is 1. The Morgan fingerprint density at radius 1 is 1.04 bits per heavy atom. The summed E-state index contributed by atoms with van der Waals surface area (Å²) in [5, 5.41) is 0.513. The Hall–Kier alpha value is -2.60. The van der Waals surface area contributed by atoms with Crippen molar-refractivity contribution < 1.29 is 23.9 Å². The van der Waals surface area contributed by atoms with Gasteiger partial charge in [-0.05, 0) is 50.6 Å². The fourth-order valence-electron chi connectivity index (χ4n) is 2.39. The van der Waals surface area contributed by atoms with E-state index in [4.69, 9.17) is 21.1 Å². The van der Waals surface area contributed by atoms with Gasteiger partial charge in [-0.1, -0.05) is 11.6 Å². The molecule has 0 fully saturated rings. The van der Waals surface area contributed by atoms with Crippen molar-refractivity contribution in [3.05, 3.63) is 57.4 Å². The number of Topliss-reactive ketones (excluding diaryl/α,β-unsaturated/α-hetero) is 1. The van der Waals surface area contributed by atoms with Crippen LogP contribution in [-0.4, -0.2) is 35.9 Å². The summed E-state index contributed by atoms with van der Waals surface area (Å²) in [7, 11) is 0. The lowest BCUT2D eigenvalue weighted by atomic mass is 10.1. The van der Waals surface area contributed by atoms with Crippen LogP contribution in [0.3, 0.4) is 0 Å². The lowest BCUT2D eigenvalue weighted by Gasteiger charge is -2.06. The van der Waals surface area contributed by atoms with Gasteiger partial charge in [-0.15, -0.1) is 0 Å². The summed E-state index contributed by atoms with van der Waals surface area (Å²) in [6, 6.07) is 6.29. The molecule has 0 amide bonds. The first-order valence-electron chi connectivity index (χ1n) is 7.67. The number of carbonyl (C=O) groups is 3. The highest BCUT2D eigenvalue weighted by atomic mass is 35.5. The van der Waals surface area contributed by atoms with Crippen molar-refractivity contribution in [3.63, 3.8) is 0 Å². The molecule has 0 unspecified atom stereocenters. The van der Waals surface area contributed by atoms with Gasteiger partial charge in [0.25, 0.3) is 0 Å². The Labute approximate surface area is 150 Å². The maximum atomic E-state index is 12.3. The monoisotopic (exact) mass is 363 g/mol. The summed E-state index contributed by atoms with van der Waals surface area (Å²) in [6.07, 6.45) is 0. The third kappa shape index (κ3) is 4.28. The fourth-order valence-corrected chi connectivity index (χ4v) is 2.51. The molecule has 2 aromatic rings. The number of rotatable bonds is 6. The number of aromatic amines is 1. The zero-order valence-corrected chi connectivity index (χ0v) is 14.9. The molecule has 6 nitrogen and oxygen atoms in total. The number of benzene rings is 1. The van der Waals surface area contributed by atoms with Crippen LogP contribution in [-0.2, 0) is 9.47 Å². The molecule has 1 aromatic carbocycles. The average Bonchev–Trinajstić information content (AvgIpc) is 2.88. The van der Waals surface area contributed by atoms with Crippen LogP contribution in [0.25, 0.3) is 0 Å². The van der Waals surface area contributed by atoms with Gasteiger partial charge in [0.15, 0.2) is 12.4 Å². The molecule has 0 saturated carbocycles. The van der Waals surface area contributed by atoms with E-state index in [1.165, 1.54) is 0 Å². The Morgan fingerprint density at radius 2 is 1.68 bits per heavy atom. The van der Waals surface area contributed by atoms with Crippen molar-refractivity contribution in [1.82, 2.24) is 4.98 Å². The lowest BCUT2D eigenvalue weighted by molar-refractivity contribution is 0.0473. The largest absolute Gasteiger partial charge is 0.461 e. The van der Waals surface area contributed by atoms with Crippen molar-refractivity contribution in [1.29, 1.82) is 0 Å². The van der Waals surface area contributed by atoms with Crippen LogP contribution >= 0.6 is 11.6 Å². The van der Waals surface area contributed by atoms with E-state index in [2.05, 4.69) is 4.98 Å². The van der Waals surface area contributed by atoms with Crippen LogP contribution in [0.15, 0.2) is 24.3 Å². The molecule has 7 heteroatoms. The van der Waals surface area contributed by atoms with E-state index in [0.29, 0.717) is 21.8 Å². The van der Waals surface area contributed by atoms with E-state index in [1.807, 2.05) is 0 Å². The minimum absolute atomic E-state index is 0.204. The zero-order valence-electron chi connectivity index (χ0n) is 14.1.